The van der Waals surface area contributed by atoms with Crippen LogP contribution in [-0.4, -0.2) is 25.8 Å². The molecule has 148 valence electrons. The van der Waals surface area contributed by atoms with Crippen LogP contribution in [0.5, 0.6) is 0 Å². The molecular formula is C25H25NO2S. The van der Waals surface area contributed by atoms with Gasteiger partial charge in [-0.25, -0.2) is 8.42 Å². The summed E-state index contributed by atoms with van der Waals surface area (Å²) in [7, 11) is -3.60. The maximum atomic E-state index is 13.2. The summed E-state index contributed by atoms with van der Waals surface area (Å²) in [6.45, 7) is 2.54. The standard InChI is InChI=1S/C25H25NO2S/c1-22-16-18-25(19-17-22)29(27,28)26(20-8-14-23-10-4-2-5-11-23)21-9-15-24-12-6-3-7-13-24/h2-19H,20-21H2,1H3. The zero-order chi connectivity index (χ0) is 20.5. The lowest BCUT2D eigenvalue weighted by Gasteiger charge is -2.19. The van der Waals surface area contributed by atoms with E-state index in [0.29, 0.717) is 18.0 Å². The molecule has 0 N–H and O–H groups in total. The van der Waals surface area contributed by atoms with Crippen LogP contribution in [0.3, 0.4) is 0 Å². The average Bonchev–Trinajstić information content (AvgIpc) is 2.74. The Kier molecular flexibility index (Phi) is 7.17. The lowest BCUT2D eigenvalue weighted by molar-refractivity contribution is 0.474. The van der Waals surface area contributed by atoms with E-state index in [1.54, 1.807) is 12.1 Å². The Morgan fingerprint density at radius 3 is 1.59 bits per heavy atom. The molecule has 0 bridgehead atoms. The SMILES string of the molecule is Cc1ccc(S(=O)(=O)N(CC=Cc2ccccc2)CC=Cc2ccccc2)cc1. The minimum absolute atomic E-state index is 0.296. The zero-order valence-corrected chi connectivity index (χ0v) is 17.3. The molecule has 3 aromatic rings. The van der Waals surface area contributed by atoms with E-state index in [9.17, 15) is 8.42 Å². The molecule has 0 heterocycles. The topological polar surface area (TPSA) is 37.4 Å². The molecule has 0 radical (unpaired) electrons. The highest BCUT2D eigenvalue weighted by Gasteiger charge is 2.22. The average molecular weight is 404 g/mol. The maximum Gasteiger partial charge on any atom is 0.243 e. The van der Waals surface area contributed by atoms with Crippen molar-refractivity contribution in [2.45, 2.75) is 11.8 Å². The summed E-state index contributed by atoms with van der Waals surface area (Å²) in [5, 5.41) is 0. The van der Waals surface area contributed by atoms with Crippen molar-refractivity contribution < 1.29 is 8.42 Å². The number of benzene rings is 3. The quantitative estimate of drug-likeness (QED) is 0.504. The number of hydrogen-bond acceptors (Lipinski definition) is 2. The lowest BCUT2D eigenvalue weighted by atomic mass is 10.2. The van der Waals surface area contributed by atoms with Crippen LogP contribution in [0.1, 0.15) is 16.7 Å². The molecule has 0 aliphatic carbocycles. The molecule has 3 aromatic carbocycles. The van der Waals surface area contributed by atoms with Gasteiger partial charge in [-0.2, -0.15) is 4.31 Å². The van der Waals surface area contributed by atoms with Crippen molar-refractivity contribution in [3.05, 3.63) is 114 Å². The molecule has 0 saturated heterocycles. The molecule has 0 atom stereocenters. The van der Waals surface area contributed by atoms with E-state index in [4.69, 9.17) is 0 Å². The van der Waals surface area contributed by atoms with Crippen LogP contribution in [0.25, 0.3) is 12.2 Å². The molecular weight excluding hydrogens is 378 g/mol. The molecule has 0 unspecified atom stereocenters. The van der Waals surface area contributed by atoms with Gasteiger partial charge in [0, 0.05) is 13.1 Å². The van der Waals surface area contributed by atoms with Gasteiger partial charge in [0.15, 0.2) is 0 Å². The Bertz CT molecular complexity index is 1000. The second-order valence-corrected chi connectivity index (χ2v) is 8.70. The predicted octanol–water partition coefficient (Wildman–Crippen LogP) is 5.41. The molecule has 0 amide bonds. The van der Waals surface area contributed by atoms with E-state index in [-0.39, 0.29) is 0 Å². The Hall–Kier alpha value is -2.95. The number of rotatable bonds is 8. The first-order valence-electron chi connectivity index (χ1n) is 9.56. The van der Waals surface area contributed by atoms with E-state index in [2.05, 4.69) is 0 Å². The van der Waals surface area contributed by atoms with Gasteiger partial charge in [-0.05, 0) is 30.2 Å². The summed E-state index contributed by atoms with van der Waals surface area (Å²) in [6, 6.07) is 26.7. The first-order valence-corrected chi connectivity index (χ1v) is 11.0. The van der Waals surface area contributed by atoms with Gasteiger partial charge in [0.1, 0.15) is 0 Å². The van der Waals surface area contributed by atoms with E-state index in [0.717, 1.165) is 16.7 Å². The highest BCUT2D eigenvalue weighted by molar-refractivity contribution is 7.89. The molecule has 0 aliphatic heterocycles. The van der Waals surface area contributed by atoms with E-state index in [1.165, 1.54) is 4.31 Å². The fourth-order valence-corrected chi connectivity index (χ4v) is 4.21. The Labute approximate surface area is 173 Å². The van der Waals surface area contributed by atoms with Crippen molar-refractivity contribution in [3.63, 3.8) is 0 Å². The van der Waals surface area contributed by atoms with Crippen molar-refractivity contribution in [1.82, 2.24) is 4.31 Å². The van der Waals surface area contributed by atoms with Gasteiger partial charge in [-0.1, -0.05) is 103 Å². The number of nitrogens with zero attached hydrogens (tertiary/aromatic N) is 1. The molecule has 29 heavy (non-hydrogen) atoms. The number of aryl methyl sites for hydroxylation is 1. The lowest BCUT2D eigenvalue weighted by Crippen LogP contribution is -2.31. The molecule has 0 fully saturated rings. The van der Waals surface area contributed by atoms with E-state index in [1.807, 2.05) is 104 Å². The van der Waals surface area contributed by atoms with Crippen LogP contribution >= 0.6 is 0 Å². The van der Waals surface area contributed by atoms with Gasteiger partial charge in [-0.15, -0.1) is 0 Å². The smallest absolute Gasteiger partial charge is 0.207 e. The van der Waals surface area contributed by atoms with Gasteiger partial charge in [0.2, 0.25) is 10.0 Å². The molecule has 3 rings (SSSR count). The molecule has 4 heteroatoms. The monoisotopic (exact) mass is 403 g/mol. The van der Waals surface area contributed by atoms with Gasteiger partial charge >= 0.3 is 0 Å². The Morgan fingerprint density at radius 2 is 1.14 bits per heavy atom. The van der Waals surface area contributed by atoms with Crippen LogP contribution < -0.4 is 0 Å². The van der Waals surface area contributed by atoms with Crippen LogP contribution in [0.4, 0.5) is 0 Å². The molecule has 0 saturated carbocycles. The third-order valence-electron chi connectivity index (χ3n) is 4.50. The first-order chi connectivity index (χ1) is 14.1. The Balaban J connectivity index is 1.80. The van der Waals surface area contributed by atoms with Crippen LogP contribution in [-0.2, 0) is 10.0 Å². The Morgan fingerprint density at radius 1 is 0.690 bits per heavy atom. The zero-order valence-electron chi connectivity index (χ0n) is 16.5. The molecule has 0 aliphatic rings. The number of sulfonamides is 1. The summed E-state index contributed by atoms with van der Waals surface area (Å²) in [5.74, 6) is 0. The fraction of sp³-hybridized carbons (Fsp3) is 0.120. The van der Waals surface area contributed by atoms with Crippen molar-refractivity contribution >= 4 is 22.2 Å². The third-order valence-corrected chi connectivity index (χ3v) is 6.34. The molecule has 0 spiro atoms. The van der Waals surface area contributed by atoms with Crippen LogP contribution in [0.2, 0.25) is 0 Å². The van der Waals surface area contributed by atoms with Gasteiger partial charge < -0.3 is 0 Å². The highest BCUT2D eigenvalue weighted by atomic mass is 32.2. The second-order valence-electron chi connectivity index (χ2n) is 6.76. The summed E-state index contributed by atoms with van der Waals surface area (Å²) >= 11 is 0. The summed E-state index contributed by atoms with van der Waals surface area (Å²) < 4.78 is 27.9. The third kappa shape index (κ3) is 6.01. The van der Waals surface area contributed by atoms with Gasteiger partial charge in [0.25, 0.3) is 0 Å². The minimum Gasteiger partial charge on any atom is -0.207 e. The van der Waals surface area contributed by atoms with Crippen LogP contribution in [0, 0.1) is 6.92 Å². The molecule has 3 nitrogen and oxygen atoms in total. The van der Waals surface area contributed by atoms with Gasteiger partial charge in [-0.3, -0.25) is 0 Å². The summed E-state index contributed by atoms with van der Waals surface area (Å²) in [5.41, 5.74) is 3.11. The molecule has 0 aromatic heterocycles. The van der Waals surface area contributed by atoms with Crippen molar-refractivity contribution in [3.8, 4) is 0 Å². The van der Waals surface area contributed by atoms with E-state index >= 15 is 0 Å². The normalized spacial score (nSPS) is 12.2. The second kappa shape index (κ2) is 10.0. The predicted molar refractivity (Wildman–Crippen MR) is 121 cm³/mol. The fourth-order valence-electron chi connectivity index (χ4n) is 2.87. The first kappa shape index (κ1) is 20.8. The largest absolute Gasteiger partial charge is 0.243 e. The van der Waals surface area contributed by atoms with E-state index < -0.39 is 10.0 Å². The minimum atomic E-state index is -3.60. The maximum absolute atomic E-state index is 13.2. The van der Waals surface area contributed by atoms with Gasteiger partial charge in [0.05, 0.1) is 4.90 Å². The summed E-state index contributed by atoms with van der Waals surface area (Å²) in [4.78, 5) is 0.310. The summed E-state index contributed by atoms with van der Waals surface area (Å²) in [6.07, 6.45) is 7.66. The van der Waals surface area contributed by atoms with Crippen LogP contribution in [0.15, 0.2) is 102 Å². The van der Waals surface area contributed by atoms with Crippen molar-refractivity contribution in [1.29, 1.82) is 0 Å². The van der Waals surface area contributed by atoms with Crippen molar-refractivity contribution in [2.75, 3.05) is 13.1 Å². The highest BCUT2D eigenvalue weighted by Crippen LogP contribution is 2.17. The van der Waals surface area contributed by atoms with Crippen molar-refractivity contribution in [2.24, 2.45) is 0 Å². The number of hydrogen-bond donors (Lipinski definition) is 0.